The van der Waals surface area contributed by atoms with Crippen molar-refractivity contribution in [3.63, 3.8) is 0 Å². The van der Waals surface area contributed by atoms with Crippen LogP contribution in [0.2, 0.25) is 0 Å². The van der Waals surface area contributed by atoms with Gasteiger partial charge in [0.25, 0.3) is 0 Å². The van der Waals surface area contributed by atoms with Crippen LogP contribution in [0.3, 0.4) is 0 Å². The van der Waals surface area contributed by atoms with Crippen molar-refractivity contribution in [1.29, 1.82) is 10.5 Å². The summed E-state index contributed by atoms with van der Waals surface area (Å²) in [4.78, 5) is 2.26. The Labute approximate surface area is 318 Å². The second-order valence-corrected chi connectivity index (χ2v) is 13.6. The van der Waals surface area contributed by atoms with E-state index in [1.165, 1.54) is 10.8 Å². The lowest BCUT2D eigenvalue weighted by Gasteiger charge is -2.25. The van der Waals surface area contributed by atoms with E-state index >= 15 is 0 Å². The topological polar surface area (TPSA) is 60.7 Å². The highest BCUT2D eigenvalue weighted by molar-refractivity contribution is 6.13. The number of nitrogens with zero attached hydrogens (tertiary/aromatic N) is 5. The molecule has 256 valence electrons. The molecule has 0 amide bonds. The summed E-state index contributed by atoms with van der Waals surface area (Å²) in [5.41, 5.74) is 12.0. The van der Waals surface area contributed by atoms with Crippen molar-refractivity contribution >= 4 is 60.7 Å². The Morgan fingerprint density at radius 1 is 0.364 bits per heavy atom. The Balaban J connectivity index is 1.25. The summed E-state index contributed by atoms with van der Waals surface area (Å²) < 4.78 is 4.43. The molecule has 0 aliphatic carbocycles. The molecule has 2 aromatic heterocycles. The molecule has 8 aromatic carbocycles. The van der Waals surface area contributed by atoms with E-state index in [0.29, 0.717) is 16.8 Å². The average Bonchev–Trinajstić information content (AvgIpc) is 3.76. The fourth-order valence-electron chi connectivity index (χ4n) is 8.14. The zero-order valence-electron chi connectivity index (χ0n) is 29.6. The molecule has 2 heterocycles. The van der Waals surface area contributed by atoms with Crippen molar-refractivity contribution < 1.29 is 0 Å². The Morgan fingerprint density at radius 3 is 1.56 bits per heavy atom. The number of fused-ring (bicyclic) bond motifs is 6. The van der Waals surface area contributed by atoms with Crippen LogP contribution in [0.15, 0.2) is 188 Å². The van der Waals surface area contributed by atoms with E-state index in [1.54, 1.807) is 18.2 Å². The summed E-state index contributed by atoms with van der Waals surface area (Å²) in [7, 11) is 0. The number of hydrogen-bond acceptors (Lipinski definition) is 3. The minimum Gasteiger partial charge on any atom is -0.310 e. The minimum absolute atomic E-state index is 0.445. The maximum Gasteiger partial charge on any atom is 0.101 e. The summed E-state index contributed by atoms with van der Waals surface area (Å²) in [5.74, 6) is 0. The molecule has 0 bridgehead atoms. The first kappa shape index (κ1) is 31.8. The zero-order chi connectivity index (χ0) is 36.9. The SMILES string of the molecule is N#Cc1cccc(C#N)c1-n1c2ccc(-c3ccc4c5ccccc5n(-c5ccccc5)c4c3)cc2c2cc(N(c3ccccc3)c3ccccc3)ccc21. The normalized spacial score (nSPS) is 11.2. The minimum atomic E-state index is 0.445. The number of benzene rings is 8. The Hall–Kier alpha value is -7.86. The zero-order valence-corrected chi connectivity index (χ0v) is 29.6. The second-order valence-electron chi connectivity index (χ2n) is 13.6. The molecule has 55 heavy (non-hydrogen) atoms. The van der Waals surface area contributed by atoms with Crippen LogP contribution < -0.4 is 4.90 Å². The van der Waals surface area contributed by atoms with Gasteiger partial charge in [-0.15, -0.1) is 0 Å². The molecule has 0 saturated carbocycles. The lowest BCUT2D eigenvalue weighted by atomic mass is 10.0. The number of para-hydroxylation sites is 5. The van der Waals surface area contributed by atoms with E-state index < -0.39 is 0 Å². The van der Waals surface area contributed by atoms with Crippen molar-refractivity contribution in [2.75, 3.05) is 4.90 Å². The highest BCUT2D eigenvalue weighted by Gasteiger charge is 2.21. The van der Waals surface area contributed by atoms with Crippen LogP contribution in [0.1, 0.15) is 11.1 Å². The number of anilines is 3. The molecule has 10 rings (SSSR count). The predicted molar refractivity (Wildman–Crippen MR) is 225 cm³/mol. The number of nitriles is 2. The molecule has 0 aliphatic rings. The van der Waals surface area contributed by atoms with E-state index in [1.807, 2.05) is 18.2 Å². The summed E-state index contributed by atoms with van der Waals surface area (Å²) in [5, 5.41) is 25.1. The van der Waals surface area contributed by atoms with Gasteiger partial charge in [0.05, 0.1) is 38.9 Å². The van der Waals surface area contributed by atoms with Crippen LogP contribution in [-0.2, 0) is 0 Å². The number of hydrogen-bond donors (Lipinski definition) is 0. The van der Waals surface area contributed by atoms with Gasteiger partial charge >= 0.3 is 0 Å². The summed E-state index contributed by atoms with van der Waals surface area (Å²) in [6.07, 6.45) is 0. The van der Waals surface area contributed by atoms with E-state index in [0.717, 1.165) is 66.7 Å². The van der Waals surface area contributed by atoms with Crippen molar-refractivity contribution in [3.05, 3.63) is 199 Å². The molecule has 0 N–H and O–H groups in total. The molecule has 0 spiro atoms. The van der Waals surface area contributed by atoms with Crippen molar-refractivity contribution in [1.82, 2.24) is 9.13 Å². The molecule has 0 radical (unpaired) electrons. The van der Waals surface area contributed by atoms with Gasteiger partial charge in [-0.3, -0.25) is 0 Å². The van der Waals surface area contributed by atoms with E-state index in [2.05, 4.69) is 178 Å². The van der Waals surface area contributed by atoms with Crippen LogP contribution >= 0.6 is 0 Å². The van der Waals surface area contributed by atoms with Gasteiger partial charge in [-0.05, 0) is 102 Å². The molecular formula is C50H31N5. The number of rotatable bonds is 6. The second kappa shape index (κ2) is 13.0. The lowest BCUT2D eigenvalue weighted by Crippen LogP contribution is -2.09. The van der Waals surface area contributed by atoms with Gasteiger partial charge in [0.1, 0.15) is 12.1 Å². The third-order valence-corrected chi connectivity index (χ3v) is 10.6. The Morgan fingerprint density at radius 2 is 0.891 bits per heavy atom. The predicted octanol–water partition coefficient (Wildman–Crippen LogP) is 12.8. The average molecular weight is 702 g/mol. The first-order chi connectivity index (χ1) is 27.2. The molecule has 0 unspecified atom stereocenters. The highest BCUT2D eigenvalue weighted by atomic mass is 15.1. The molecular weight excluding hydrogens is 671 g/mol. The highest BCUT2D eigenvalue weighted by Crippen LogP contribution is 2.42. The first-order valence-corrected chi connectivity index (χ1v) is 18.2. The molecule has 0 fully saturated rings. The van der Waals surface area contributed by atoms with Gasteiger partial charge in [-0.1, -0.05) is 97.1 Å². The quantitative estimate of drug-likeness (QED) is 0.173. The standard InChI is InChI=1S/C50H31N5/c51-32-36-13-12-14-37(33-52)50(36)55-47-27-24-34(35-23-26-43-42-21-10-11-22-46(42)54(49(43)30-35)40-19-8-3-9-20-40)29-44(47)45-31-41(25-28-48(45)55)53(38-15-4-1-5-16-38)39-17-6-2-7-18-39/h1-31H. The van der Waals surface area contributed by atoms with E-state index in [9.17, 15) is 10.5 Å². The smallest absolute Gasteiger partial charge is 0.101 e. The van der Waals surface area contributed by atoms with Crippen LogP contribution in [0.4, 0.5) is 17.1 Å². The molecule has 10 aromatic rings. The monoisotopic (exact) mass is 701 g/mol. The fourth-order valence-corrected chi connectivity index (χ4v) is 8.14. The van der Waals surface area contributed by atoms with Crippen molar-refractivity contribution in [2.24, 2.45) is 0 Å². The number of aromatic nitrogens is 2. The molecule has 0 aliphatic heterocycles. The van der Waals surface area contributed by atoms with E-state index in [4.69, 9.17) is 0 Å². The molecule has 0 saturated heterocycles. The summed E-state index contributed by atoms with van der Waals surface area (Å²) in [6, 6.07) is 69.6. The van der Waals surface area contributed by atoms with Crippen LogP contribution in [0.5, 0.6) is 0 Å². The maximum absolute atomic E-state index is 10.3. The first-order valence-electron chi connectivity index (χ1n) is 18.2. The summed E-state index contributed by atoms with van der Waals surface area (Å²) >= 11 is 0. The van der Waals surface area contributed by atoms with Crippen molar-refractivity contribution in [2.45, 2.75) is 0 Å². The van der Waals surface area contributed by atoms with Crippen molar-refractivity contribution in [3.8, 4) is 34.6 Å². The largest absolute Gasteiger partial charge is 0.310 e. The maximum atomic E-state index is 10.3. The lowest BCUT2D eigenvalue weighted by molar-refractivity contribution is 1.15. The summed E-state index contributed by atoms with van der Waals surface area (Å²) in [6.45, 7) is 0. The van der Waals surface area contributed by atoms with Gasteiger partial charge in [0.15, 0.2) is 0 Å². The van der Waals surface area contributed by atoms with Gasteiger partial charge in [-0.25, -0.2) is 0 Å². The third kappa shape index (κ3) is 5.15. The van der Waals surface area contributed by atoms with Gasteiger partial charge in [0.2, 0.25) is 0 Å². The third-order valence-electron chi connectivity index (χ3n) is 10.6. The molecule has 0 atom stereocenters. The van der Waals surface area contributed by atoms with Crippen LogP contribution in [0.25, 0.3) is 66.1 Å². The molecule has 5 nitrogen and oxygen atoms in total. The van der Waals surface area contributed by atoms with Gasteiger partial charge in [0, 0.05) is 44.3 Å². The van der Waals surface area contributed by atoms with Crippen LogP contribution in [-0.4, -0.2) is 9.13 Å². The van der Waals surface area contributed by atoms with Gasteiger partial charge in [-0.2, -0.15) is 10.5 Å². The van der Waals surface area contributed by atoms with Crippen LogP contribution in [0, 0.1) is 22.7 Å². The fraction of sp³-hybridized carbons (Fsp3) is 0. The Bertz CT molecular complexity index is 3090. The molecule has 5 heteroatoms. The van der Waals surface area contributed by atoms with Gasteiger partial charge < -0.3 is 14.0 Å². The van der Waals surface area contributed by atoms with E-state index in [-0.39, 0.29) is 0 Å². The Kier molecular flexibility index (Phi) is 7.51.